The van der Waals surface area contributed by atoms with Gasteiger partial charge in [-0.2, -0.15) is 4.31 Å². The molecular formula is C19H32N4O3S. The van der Waals surface area contributed by atoms with Crippen LogP contribution in [0.25, 0.3) is 0 Å². The zero-order valence-electron chi connectivity index (χ0n) is 16.6. The number of hydrogen-bond acceptors (Lipinski definition) is 5. The van der Waals surface area contributed by atoms with Gasteiger partial charge in [-0.3, -0.25) is 4.79 Å². The van der Waals surface area contributed by atoms with E-state index in [2.05, 4.69) is 29.1 Å². The second-order valence-electron chi connectivity index (χ2n) is 7.19. The molecule has 1 fully saturated rings. The van der Waals surface area contributed by atoms with Gasteiger partial charge in [-0.1, -0.05) is 19.8 Å². The lowest BCUT2D eigenvalue weighted by atomic mass is 10.2. The molecule has 0 bridgehead atoms. The Morgan fingerprint density at radius 1 is 1.11 bits per heavy atom. The summed E-state index contributed by atoms with van der Waals surface area (Å²) in [6.07, 6.45) is 3.86. The van der Waals surface area contributed by atoms with E-state index in [0.29, 0.717) is 12.2 Å². The number of sulfonamides is 1. The average Bonchev–Trinajstić information content (AvgIpc) is 2.61. The molecule has 1 amide bonds. The summed E-state index contributed by atoms with van der Waals surface area (Å²) in [6, 6.07) is 7.73. The number of piperazine rings is 1. The molecule has 0 aliphatic carbocycles. The van der Waals surface area contributed by atoms with Gasteiger partial charge in [-0.05, 0) is 37.7 Å². The van der Waals surface area contributed by atoms with Crippen LogP contribution in [0.2, 0.25) is 0 Å². The molecule has 0 radical (unpaired) electrons. The molecule has 1 aromatic carbocycles. The van der Waals surface area contributed by atoms with Gasteiger partial charge in [0.1, 0.15) is 0 Å². The number of nitrogens with one attached hydrogen (secondary N) is 1. The number of benzene rings is 1. The summed E-state index contributed by atoms with van der Waals surface area (Å²) in [7, 11) is -1.27. The lowest BCUT2D eigenvalue weighted by Gasteiger charge is -2.34. The Balaban J connectivity index is 1.90. The van der Waals surface area contributed by atoms with E-state index in [1.807, 2.05) is 24.3 Å². The van der Waals surface area contributed by atoms with E-state index in [0.717, 1.165) is 57.4 Å². The molecule has 2 rings (SSSR count). The normalized spacial score (nSPS) is 15.9. The van der Waals surface area contributed by atoms with Gasteiger partial charge in [0, 0.05) is 44.1 Å². The van der Waals surface area contributed by atoms with Crippen LogP contribution in [0.15, 0.2) is 24.3 Å². The third-order valence-corrected chi connectivity index (χ3v) is 6.07. The smallest absolute Gasteiger partial charge is 0.239 e. The molecule has 0 atom stereocenters. The lowest BCUT2D eigenvalue weighted by Crippen LogP contribution is -2.44. The van der Waals surface area contributed by atoms with E-state index < -0.39 is 10.0 Å². The minimum absolute atomic E-state index is 0.150. The Labute approximate surface area is 163 Å². The number of anilines is 2. The summed E-state index contributed by atoms with van der Waals surface area (Å²) in [5.74, 6) is -0.315. The highest BCUT2D eigenvalue weighted by molar-refractivity contribution is 7.88. The van der Waals surface area contributed by atoms with Crippen LogP contribution in [0, 0.1) is 0 Å². The number of rotatable bonds is 9. The summed E-state index contributed by atoms with van der Waals surface area (Å²) >= 11 is 0. The van der Waals surface area contributed by atoms with Crippen molar-refractivity contribution < 1.29 is 13.2 Å². The number of carbonyl (C=O) groups is 1. The van der Waals surface area contributed by atoms with Crippen LogP contribution >= 0.6 is 0 Å². The quantitative estimate of drug-likeness (QED) is 0.645. The largest absolute Gasteiger partial charge is 0.369 e. The fraction of sp³-hybridized carbons (Fsp3) is 0.632. The summed E-state index contributed by atoms with van der Waals surface area (Å²) in [6.45, 7) is 6.34. The molecule has 0 saturated carbocycles. The van der Waals surface area contributed by atoms with Crippen LogP contribution in [0.4, 0.5) is 11.4 Å². The van der Waals surface area contributed by atoms with Crippen LogP contribution in [-0.4, -0.2) is 76.1 Å². The highest BCUT2D eigenvalue weighted by atomic mass is 32.2. The molecule has 1 aliphatic heterocycles. The molecule has 8 heteroatoms. The summed E-state index contributed by atoms with van der Waals surface area (Å²) in [4.78, 5) is 16.9. The van der Waals surface area contributed by atoms with Crippen molar-refractivity contribution in [3.8, 4) is 0 Å². The highest BCUT2D eigenvalue weighted by Crippen LogP contribution is 2.19. The van der Waals surface area contributed by atoms with Crippen molar-refractivity contribution in [2.75, 3.05) is 62.8 Å². The second-order valence-corrected chi connectivity index (χ2v) is 9.17. The second kappa shape index (κ2) is 10.1. The molecule has 152 valence electrons. The van der Waals surface area contributed by atoms with Crippen molar-refractivity contribution in [1.29, 1.82) is 0 Å². The molecule has 1 N–H and O–H groups in total. The van der Waals surface area contributed by atoms with Crippen molar-refractivity contribution in [2.24, 2.45) is 0 Å². The van der Waals surface area contributed by atoms with Crippen molar-refractivity contribution in [1.82, 2.24) is 9.21 Å². The Morgan fingerprint density at radius 3 is 2.30 bits per heavy atom. The molecule has 0 spiro atoms. The lowest BCUT2D eigenvalue weighted by molar-refractivity contribution is -0.116. The van der Waals surface area contributed by atoms with Gasteiger partial charge in [0.15, 0.2) is 0 Å². The van der Waals surface area contributed by atoms with Crippen LogP contribution in [-0.2, 0) is 14.8 Å². The van der Waals surface area contributed by atoms with Crippen LogP contribution in [0.3, 0.4) is 0 Å². The van der Waals surface area contributed by atoms with Gasteiger partial charge < -0.3 is 15.1 Å². The van der Waals surface area contributed by atoms with Crippen LogP contribution in [0.1, 0.15) is 26.2 Å². The van der Waals surface area contributed by atoms with Gasteiger partial charge in [0.2, 0.25) is 15.9 Å². The van der Waals surface area contributed by atoms with Gasteiger partial charge in [0.25, 0.3) is 0 Å². The van der Waals surface area contributed by atoms with E-state index in [1.165, 1.54) is 4.31 Å². The summed E-state index contributed by atoms with van der Waals surface area (Å²) < 4.78 is 25.0. The number of amides is 1. The minimum Gasteiger partial charge on any atom is -0.369 e. The Morgan fingerprint density at radius 2 is 1.74 bits per heavy atom. The first-order valence-corrected chi connectivity index (χ1v) is 11.4. The van der Waals surface area contributed by atoms with E-state index in [1.54, 1.807) is 0 Å². The summed E-state index contributed by atoms with van der Waals surface area (Å²) in [5, 5.41) is 2.80. The molecule has 27 heavy (non-hydrogen) atoms. The Hall–Kier alpha value is -1.64. The maximum absolute atomic E-state index is 12.3. The first-order chi connectivity index (χ1) is 12.8. The maximum atomic E-state index is 12.3. The number of hydrogen-bond donors (Lipinski definition) is 1. The van der Waals surface area contributed by atoms with Crippen LogP contribution < -0.4 is 10.2 Å². The predicted molar refractivity (Wildman–Crippen MR) is 111 cm³/mol. The topological polar surface area (TPSA) is 73.0 Å². The molecule has 0 aromatic heterocycles. The monoisotopic (exact) mass is 396 g/mol. The molecule has 7 nitrogen and oxygen atoms in total. The van der Waals surface area contributed by atoms with Gasteiger partial charge in [-0.25, -0.2) is 8.42 Å². The zero-order valence-corrected chi connectivity index (χ0v) is 17.5. The van der Waals surface area contributed by atoms with E-state index >= 15 is 0 Å². The maximum Gasteiger partial charge on any atom is 0.239 e. The number of unbranched alkanes of at least 4 members (excludes halogenated alkanes) is 2. The zero-order chi connectivity index (χ0) is 19.9. The predicted octanol–water partition coefficient (Wildman–Crippen LogP) is 1.83. The molecular weight excluding hydrogens is 364 g/mol. The molecule has 1 heterocycles. The first-order valence-electron chi connectivity index (χ1n) is 9.58. The van der Waals surface area contributed by atoms with E-state index in [-0.39, 0.29) is 12.5 Å². The molecule has 0 unspecified atom stereocenters. The standard InChI is InChI=1S/C19H32N4O3S/c1-4-5-6-11-23(27(3,25)26)16-19(24)20-17-7-9-18(10-8-17)22-14-12-21(2)13-15-22/h7-10H,4-6,11-16H2,1-3H3,(H,20,24). The molecule has 1 saturated heterocycles. The third-order valence-electron chi connectivity index (χ3n) is 4.82. The molecule has 1 aromatic rings. The fourth-order valence-corrected chi connectivity index (χ4v) is 3.89. The number of carbonyl (C=O) groups excluding carboxylic acids is 1. The first kappa shape index (κ1) is 21.7. The van der Waals surface area contributed by atoms with E-state index in [4.69, 9.17) is 0 Å². The van der Waals surface area contributed by atoms with Crippen molar-refractivity contribution in [2.45, 2.75) is 26.2 Å². The number of nitrogens with zero attached hydrogens (tertiary/aromatic N) is 3. The SMILES string of the molecule is CCCCCN(CC(=O)Nc1ccc(N2CCN(C)CC2)cc1)S(C)(=O)=O. The van der Waals surface area contributed by atoms with Crippen molar-refractivity contribution >= 4 is 27.3 Å². The van der Waals surface area contributed by atoms with Gasteiger partial charge in [0.05, 0.1) is 12.8 Å². The summed E-state index contributed by atoms with van der Waals surface area (Å²) in [5.41, 5.74) is 1.82. The van der Waals surface area contributed by atoms with Gasteiger partial charge in [-0.15, -0.1) is 0 Å². The minimum atomic E-state index is -3.40. The molecule has 1 aliphatic rings. The van der Waals surface area contributed by atoms with E-state index in [9.17, 15) is 13.2 Å². The highest BCUT2D eigenvalue weighted by Gasteiger charge is 2.20. The van der Waals surface area contributed by atoms with Crippen molar-refractivity contribution in [3.05, 3.63) is 24.3 Å². The van der Waals surface area contributed by atoms with Crippen molar-refractivity contribution in [3.63, 3.8) is 0 Å². The van der Waals surface area contributed by atoms with Crippen LogP contribution in [0.5, 0.6) is 0 Å². The number of likely N-dealkylation sites (N-methyl/N-ethyl adjacent to an activating group) is 1. The van der Waals surface area contributed by atoms with Gasteiger partial charge >= 0.3 is 0 Å². The Bertz CT molecular complexity index is 698. The Kier molecular flexibility index (Phi) is 8.07. The fourth-order valence-electron chi connectivity index (χ4n) is 3.08. The average molecular weight is 397 g/mol. The third kappa shape index (κ3) is 7.12.